The van der Waals surface area contributed by atoms with Gasteiger partial charge in [-0.3, -0.25) is 15.0 Å². The molecule has 1 aliphatic rings. The molecule has 1 fully saturated rings. The lowest BCUT2D eigenvalue weighted by molar-refractivity contribution is -0.141. The summed E-state index contributed by atoms with van der Waals surface area (Å²) >= 11 is 0. The fraction of sp³-hybridized carbons (Fsp3) is 0.375. The average Bonchev–Trinajstić information content (AvgIpc) is 2.80. The number of anilines is 1. The largest absolute Gasteiger partial charge is 0.450 e. The van der Waals surface area contributed by atoms with E-state index in [-0.39, 0.29) is 12.5 Å². The van der Waals surface area contributed by atoms with E-state index in [1.54, 1.807) is 30.9 Å². The highest BCUT2D eigenvalue weighted by Gasteiger charge is 2.27. The van der Waals surface area contributed by atoms with Crippen LogP contribution in [0, 0.1) is 0 Å². The van der Waals surface area contributed by atoms with E-state index in [4.69, 9.17) is 9.47 Å². The van der Waals surface area contributed by atoms with Crippen molar-refractivity contribution in [1.82, 2.24) is 9.80 Å². The van der Waals surface area contributed by atoms with E-state index < -0.39 is 18.2 Å². The number of piperazine rings is 1. The summed E-state index contributed by atoms with van der Waals surface area (Å²) in [7, 11) is 0. The van der Waals surface area contributed by atoms with E-state index in [0.29, 0.717) is 24.3 Å². The lowest BCUT2D eigenvalue weighted by Crippen LogP contribution is -2.51. The van der Waals surface area contributed by atoms with Gasteiger partial charge in [0, 0.05) is 38.4 Å². The number of amides is 2. The second kappa shape index (κ2) is 11.3. The first kappa shape index (κ1) is 23.3. The van der Waals surface area contributed by atoms with E-state index in [1.165, 1.54) is 17.7 Å². The molecule has 1 heterocycles. The summed E-state index contributed by atoms with van der Waals surface area (Å²) in [5, 5.41) is 2.55. The Kier molecular flexibility index (Phi) is 8.21. The number of carbonyl (C=O) groups excluding carboxylic acids is 3. The van der Waals surface area contributed by atoms with Crippen LogP contribution in [0.5, 0.6) is 0 Å². The third-order valence-electron chi connectivity index (χ3n) is 5.21. The maximum Gasteiger partial charge on any atom is 0.411 e. The van der Waals surface area contributed by atoms with Crippen LogP contribution in [0.25, 0.3) is 0 Å². The van der Waals surface area contributed by atoms with E-state index in [0.717, 1.165) is 19.6 Å². The van der Waals surface area contributed by atoms with E-state index in [2.05, 4.69) is 22.3 Å². The Hall–Kier alpha value is -3.39. The van der Waals surface area contributed by atoms with Gasteiger partial charge in [-0.1, -0.05) is 30.3 Å². The maximum absolute atomic E-state index is 12.7. The van der Waals surface area contributed by atoms with E-state index in [9.17, 15) is 14.4 Å². The lowest BCUT2D eigenvalue weighted by Gasteiger charge is -2.35. The number of hydrogen-bond acceptors (Lipinski definition) is 6. The van der Waals surface area contributed by atoms with Crippen molar-refractivity contribution in [2.45, 2.75) is 26.5 Å². The summed E-state index contributed by atoms with van der Waals surface area (Å²) in [6.07, 6.45) is -1.44. The van der Waals surface area contributed by atoms with Crippen molar-refractivity contribution in [2.24, 2.45) is 0 Å². The molecule has 0 saturated carbocycles. The van der Waals surface area contributed by atoms with Gasteiger partial charge in [-0.25, -0.2) is 9.59 Å². The van der Waals surface area contributed by atoms with Gasteiger partial charge in [0.1, 0.15) is 0 Å². The normalized spacial score (nSPS) is 15.0. The standard InChI is InChI=1S/C24H29N3O5/c1-3-31-24(30)25-21-11-9-20(10-12-21)23(29)32-18(2)22(28)27-15-13-26(14-16-27)17-19-7-5-4-6-8-19/h4-12,18H,3,13-17H2,1-2H3,(H,25,30). The van der Waals surface area contributed by atoms with Crippen LogP contribution in [-0.4, -0.2) is 66.7 Å². The Bertz CT molecular complexity index is 909. The Balaban J connectivity index is 1.46. The van der Waals surface area contributed by atoms with Crippen molar-refractivity contribution in [1.29, 1.82) is 0 Å². The SMILES string of the molecule is CCOC(=O)Nc1ccc(C(=O)OC(C)C(=O)N2CCN(Cc3ccccc3)CC2)cc1. The third-order valence-corrected chi connectivity index (χ3v) is 5.21. The van der Waals surface area contributed by atoms with Crippen LogP contribution < -0.4 is 5.32 Å². The van der Waals surface area contributed by atoms with Gasteiger partial charge in [0.2, 0.25) is 0 Å². The predicted molar refractivity (Wildman–Crippen MR) is 120 cm³/mol. The summed E-state index contributed by atoms with van der Waals surface area (Å²) in [4.78, 5) is 40.6. The fourth-order valence-corrected chi connectivity index (χ4v) is 3.48. The first-order valence-corrected chi connectivity index (χ1v) is 10.8. The Morgan fingerprint density at radius 2 is 1.62 bits per heavy atom. The molecule has 8 heteroatoms. The third kappa shape index (κ3) is 6.55. The topological polar surface area (TPSA) is 88.2 Å². The van der Waals surface area contributed by atoms with Gasteiger partial charge in [0.25, 0.3) is 5.91 Å². The maximum atomic E-state index is 12.7. The molecule has 3 rings (SSSR count). The van der Waals surface area contributed by atoms with Crippen molar-refractivity contribution < 1.29 is 23.9 Å². The van der Waals surface area contributed by atoms with Crippen molar-refractivity contribution in [3.8, 4) is 0 Å². The van der Waals surface area contributed by atoms with Crippen LogP contribution >= 0.6 is 0 Å². The highest BCUT2D eigenvalue weighted by molar-refractivity contribution is 5.93. The summed E-state index contributed by atoms with van der Waals surface area (Å²) in [5.41, 5.74) is 2.04. The van der Waals surface area contributed by atoms with Gasteiger partial charge in [-0.05, 0) is 43.7 Å². The van der Waals surface area contributed by atoms with Crippen molar-refractivity contribution in [3.63, 3.8) is 0 Å². The molecule has 0 bridgehead atoms. The van der Waals surface area contributed by atoms with Crippen LogP contribution in [0.15, 0.2) is 54.6 Å². The molecule has 2 aromatic rings. The van der Waals surface area contributed by atoms with Crippen molar-refractivity contribution in [2.75, 3.05) is 38.1 Å². The average molecular weight is 440 g/mol. The number of nitrogens with zero attached hydrogens (tertiary/aromatic N) is 2. The number of benzene rings is 2. The molecule has 170 valence electrons. The highest BCUT2D eigenvalue weighted by Crippen LogP contribution is 2.14. The zero-order valence-corrected chi connectivity index (χ0v) is 18.5. The smallest absolute Gasteiger partial charge is 0.411 e. The molecule has 32 heavy (non-hydrogen) atoms. The van der Waals surface area contributed by atoms with Crippen LogP contribution in [0.4, 0.5) is 10.5 Å². The van der Waals surface area contributed by atoms with Gasteiger partial charge in [0.15, 0.2) is 6.10 Å². The summed E-state index contributed by atoms with van der Waals surface area (Å²) in [6.45, 7) is 7.17. The minimum Gasteiger partial charge on any atom is -0.450 e. The summed E-state index contributed by atoms with van der Waals surface area (Å²) in [5.74, 6) is -0.783. The molecule has 0 aliphatic carbocycles. The van der Waals surface area contributed by atoms with E-state index >= 15 is 0 Å². The molecular weight excluding hydrogens is 410 g/mol. The minimum absolute atomic E-state index is 0.196. The van der Waals surface area contributed by atoms with Crippen LogP contribution in [-0.2, 0) is 20.8 Å². The number of esters is 1. The molecule has 0 spiro atoms. The number of nitrogens with one attached hydrogen (secondary N) is 1. The highest BCUT2D eigenvalue weighted by atomic mass is 16.6. The van der Waals surface area contributed by atoms with Crippen molar-refractivity contribution >= 4 is 23.7 Å². The molecule has 8 nitrogen and oxygen atoms in total. The van der Waals surface area contributed by atoms with Gasteiger partial charge >= 0.3 is 12.1 Å². The Labute approximate surface area is 188 Å². The lowest BCUT2D eigenvalue weighted by atomic mass is 10.2. The number of hydrogen-bond donors (Lipinski definition) is 1. The van der Waals surface area contributed by atoms with Crippen LogP contribution in [0.1, 0.15) is 29.8 Å². The van der Waals surface area contributed by atoms with Gasteiger partial charge in [0.05, 0.1) is 12.2 Å². The second-order valence-corrected chi connectivity index (χ2v) is 7.56. The number of rotatable bonds is 7. The molecule has 1 atom stereocenters. The molecule has 2 aromatic carbocycles. The fourth-order valence-electron chi connectivity index (χ4n) is 3.48. The van der Waals surface area contributed by atoms with E-state index in [1.807, 2.05) is 18.2 Å². The molecule has 1 aliphatic heterocycles. The monoisotopic (exact) mass is 439 g/mol. The molecule has 1 saturated heterocycles. The zero-order valence-electron chi connectivity index (χ0n) is 18.5. The second-order valence-electron chi connectivity index (χ2n) is 7.56. The van der Waals surface area contributed by atoms with Gasteiger partial charge in [-0.15, -0.1) is 0 Å². The molecule has 0 radical (unpaired) electrons. The predicted octanol–water partition coefficient (Wildman–Crippen LogP) is 3.14. The number of ether oxygens (including phenoxy) is 2. The van der Waals surface area contributed by atoms with Gasteiger partial charge in [-0.2, -0.15) is 0 Å². The Morgan fingerprint density at radius 3 is 2.25 bits per heavy atom. The molecule has 1 N–H and O–H groups in total. The molecule has 2 amide bonds. The zero-order chi connectivity index (χ0) is 22.9. The number of carbonyl (C=O) groups is 3. The minimum atomic E-state index is -0.875. The quantitative estimate of drug-likeness (QED) is 0.667. The molecule has 1 unspecified atom stereocenters. The Morgan fingerprint density at radius 1 is 0.969 bits per heavy atom. The van der Waals surface area contributed by atoms with Crippen LogP contribution in [0.2, 0.25) is 0 Å². The first-order valence-electron chi connectivity index (χ1n) is 10.8. The molecular formula is C24H29N3O5. The summed E-state index contributed by atoms with van der Waals surface area (Å²) in [6, 6.07) is 16.4. The van der Waals surface area contributed by atoms with Gasteiger partial charge < -0.3 is 14.4 Å². The van der Waals surface area contributed by atoms with Crippen LogP contribution in [0.3, 0.4) is 0 Å². The van der Waals surface area contributed by atoms with Crippen molar-refractivity contribution in [3.05, 3.63) is 65.7 Å². The summed E-state index contributed by atoms with van der Waals surface area (Å²) < 4.78 is 10.2. The first-order chi connectivity index (χ1) is 15.5. The molecule has 0 aromatic heterocycles.